The van der Waals surface area contributed by atoms with Crippen LogP contribution in [0.25, 0.3) is 0 Å². The molecule has 1 rings (SSSR count). The van der Waals surface area contributed by atoms with Crippen molar-refractivity contribution in [2.75, 3.05) is 12.4 Å². The van der Waals surface area contributed by atoms with Crippen molar-refractivity contribution >= 4 is 10.0 Å². The summed E-state index contributed by atoms with van der Waals surface area (Å²) in [6.07, 6.45) is 0. The van der Waals surface area contributed by atoms with Crippen molar-refractivity contribution in [3.63, 3.8) is 0 Å². The molecular formula is C9H12FNO3S. The van der Waals surface area contributed by atoms with E-state index in [1.54, 1.807) is 6.92 Å². The molecule has 0 heterocycles. The van der Waals surface area contributed by atoms with Crippen molar-refractivity contribution in [3.8, 4) is 5.75 Å². The summed E-state index contributed by atoms with van der Waals surface area (Å²) in [5, 5.41) is 4.79. The van der Waals surface area contributed by atoms with Gasteiger partial charge in [-0.25, -0.2) is 17.9 Å². The van der Waals surface area contributed by atoms with E-state index in [1.165, 1.54) is 18.2 Å². The number of ether oxygens (including phenoxy) is 1. The average molecular weight is 233 g/mol. The van der Waals surface area contributed by atoms with Crippen LogP contribution in [0.1, 0.15) is 5.56 Å². The van der Waals surface area contributed by atoms with Crippen molar-refractivity contribution in [3.05, 3.63) is 29.6 Å². The van der Waals surface area contributed by atoms with Crippen LogP contribution in [0.3, 0.4) is 0 Å². The molecule has 0 amide bonds. The van der Waals surface area contributed by atoms with E-state index in [0.717, 1.165) is 0 Å². The van der Waals surface area contributed by atoms with E-state index in [4.69, 9.17) is 9.88 Å². The number of sulfonamides is 1. The van der Waals surface area contributed by atoms with Gasteiger partial charge in [0.2, 0.25) is 10.0 Å². The molecule has 1 aromatic carbocycles. The highest BCUT2D eigenvalue weighted by Crippen LogP contribution is 2.15. The highest BCUT2D eigenvalue weighted by atomic mass is 32.2. The van der Waals surface area contributed by atoms with Crippen molar-refractivity contribution in [2.45, 2.75) is 6.92 Å². The van der Waals surface area contributed by atoms with Gasteiger partial charge in [0.1, 0.15) is 18.2 Å². The summed E-state index contributed by atoms with van der Waals surface area (Å²) >= 11 is 0. The quantitative estimate of drug-likeness (QED) is 0.836. The second-order valence-corrected chi connectivity index (χ2v) is 4.86. The summed E-state index contributed by atoms with van der Waals surface area (Å²) in [5.74, 6) is -0.157. The first-order chi connectivity index (χ1) is 6.88. The van der Waals surface area contributed by atoms with Crippen LogP contribution < -0.4 is 9.88 Å². The summed E-state index contributed by atoms with van der Waals surface area (Å²) in [6, 6.07) is 4.20. The number of hydrogen-bond donors (Lipinski definition) is 1. The second-order valence-electron chi connectivity index (χ2n) is 3.13. The molecule has 0 radical (unpaired) electrons. The van der Waals surface area contributed by atoms with Crippen LogP contribution in [0, 0.1) is 12.7 Å². The monoisotopic (exact) mass is 233 g/mol. The predicted octanol–water partition coefficient (Wildman–Crippen LogP) is 0.801. The standard InChI is InChI=1S/C9H12FNO3S/c1-7-6-8(2-3-9(7)10)14-4-5-15(11,12)13/h2-3,6H,4-5H2,1H3,(H2,11,12,13). The molecule has 0 spiro atoms. The lowest BCUT2D eigenvalue weighted by Crippen LogP contribution is -2.21. The molecule has 0 fully saturated rings. The molecule has 0 saturated heterocycles. The molecule has 4 nitrogen and oxygen atoms in total. The van der Waals surface area contributed by atoms with Gasteiger partial charge < -0.3 is 4.74 Å². The maximum absolute atomic E-state index is 12.8. The molecule has 0 aliphatic carbocycles. The zero-order valence-corrected chi connectivity index (χ0v) is 9.05. The Morgan fingerprint density at radius 3 is 2.67 bits per heavy atom. The normalized spacial score (nSPS) is 11.4. The Hall–Kier alpha value is -1.14. The molecule has 15 heavy (non-hydrogen) atoms. The smallest absolute Gasteiger partial charge is 0.212 e. The predicted molar refractivity (Wildman–Crippen MR) is 54.6 cm³/mol. The van der Waals surface area contributed by atoms with E-state index in [2.05, 4.69) is 0 Å². The van der Waals surface area contributed by atoms with Crippen LogP contribution in [0.2, 0.25) is 0 Å². The van der Waals surface area contributed by atoms with Crippen molar-refractivity contribution in [2.24, 2.45) is 5.14 Å². The summed E-state index contributed by atoms with van der Waals surface area (Å²) in [6.45, 7) is 1.56. The van der Waals surface area contributed by atoms with Gasteiger partial charge in [0.15, 0.2) is 0 Å². The minimum atomic E-state index is -3.51. The first-order valence-corrected chi connectivity index (χ1v) is 5.99. The molecule has 6 heteroatoms. The molecule has 2 N–H and O–H groups in total. The Labute approximate surface area is 87.9 Å². The molecule has 0 unspecified atom stereocenters. The van der Waals surface area contributed by atoms with E-state index in [9.17, 15) is 12.8 Å². The van der Waals surface area contributed by atoms with Gasteiger partial charge >= 0.3 is 0 Å². The molecule has 0 aliphatic rings. The lowest BCUT2D eigenvalue weighted by atomic mass is 10.2. The van der Waals surface area contributed by atoms with Crippen molar-refractivity contribution in [1.29, 1.82) is 0 Å². The molecular weight excluding hydrogens is 221 g/mol. The third-order valence-corrected chi connectivity index (χ3v) is 2.50. The molecule has 1 aromatic rings. The van der Waals surface area contributed by atoms with E-state index >= 15 is 0 Å². The highest BCUT2D eigenvalue weighted by molar-refractivity contribution is 7.89. The minimum Gasteiger partial charge on any atom is -0.492 e. The van der Waals surface area contributed by atoms with Crippen molar-refractivity contribution < 1.29 is 17.5 Å². The van der Waals surface area contributed by atoms with Crippen LogP contribution in [0.5, 0.6) is 5.75 Å². The number of nitrogens with two attached hydrogens (primary N) is 1. The number of aryl methyl sites for hydroxylation is 1. The lowest BCUT2D eigenvalue weighted by molar-refractivity contribution is 0.340. The van der Waals surface area contributed by atoms with Crippen LogP contribution >= 0.6 is 0 Å². The summed E-state index contributed by atoms with van der Waals surface area (Å²) < 4.78 is 39.1. The van der Waals surface area contributed by atoms with E-state index in [1.807, 2.05) is 0 Å². The highest BCUT2D eigenvalue weighted by Gasteiger charge is 2.04. The Balaban J connectivity index is 2.55. The minimum absolute atomic E-state index is 0.0378. The lowest BCUT2D eigenvalue weighted by Gasteiger charge is -2.06. The average Bonchev–Trinajstić information content (AvgIpc) is 2.09. The van der Waals surface area contributed by atoms with Gasteiger partial charge in [0.05, 0.1) is 5.75 Å². The molecule has 0 bridgehead atoms. The Kier molecular flexibility index (Phi) is 3.65. The topological polar surface area (TPSA) is 69.4 Å². The first-order valence-electron chi connectivity index (χ1n) is 4.28. The first kappa shape index (κ1) is 11.9. The Morgan fingerprint density at radius 1 is 1.47 bits per heavy atom. The number of rotatable bonds is 4. The van der Waals surface area contributed by atoms with Crippen LogP contribution in [-0.4, -0.2) is 20.8 Å². The third kappa shape index (κ3) is 4.26. The number of primary sulfonamides is 1. The van der Waals surface area contributed by atoms with Crippen LogP contribution in [0.15, 0.2) is 18.2 Å². The largest absolute Gasteiger partial charge is 0.492 e. The zero-order valence-electron chi connectivity index (χ0n) is 8.23. The number of benzene rings is 1. The Bertz CT molecular complexity index is 445. The van der Waals surface area contributed by atoms with Crippen molar-refractivity contribution in [1.82, 2.24) is 0 Å². The van der Waals surface area contributed by atoms with Gasteiger partial charge in [-0.1, -0.05) is 0 Å². The molecule has 0 saturated carbocycles. The number of hydrogen-bond acceptors (Lipinski definition) is 3. The fourth-order valence-corrected chi connectivity index (χ4v) is 1.30. The van der Waals surface area contributed by atoms with Gasteiger partial charge in [0, 0.05) is 0 Å². The maximum Gasteiger partial charge on any atom is 0.212 e. The van der Waals surface area contributed by atoms with Gasteiger partial charge in [0.25, 0.3) is 0 Å². The molecule has 0 aliphatic heterocycles. The van der Waals surface area contributed by atoms with Gasteiger partial charge in [-0.05, 0) is 30.7 Å². The SMILES string of the molecule is Cc1cc(OCCS(N)(=O)=O)ccc1F. The Morgan fingerprint density at radius 2 is 2.13 bits per heavy atom. The van der Waals surface area contributed by atoms with E-state index in [-0.39, 0.29) is 18.2 Å². The summed E-state index contributed by atoms with van der Waals surface area (Å²) in [5.41, 5.74) is 0.447. The summed E-state index contributed by atoms with van der Waals surface area (Å²) in [7, 11) is -3.51. The van der Waals surface area contributed by atoms with Crippen LogP contribution in [0.4, 0.5) is 4.39 Å². The van der Waals surface area contributed by atoms with Gasteiger partial charge in [-0.3, -0.25) is 0 Å². The molecule has 0 aromatic heterocycles. The van der Waals surface area contributed by atoms with Gasteiger partial charge in [-0.2, -0.15) is 0 Å². The third-order valence-electron chi connectivity index (χ3n) is 1.77. The van der Waals surface area contributed by atoms with E-state index in [0.29, 0.717) is 11.3 Å². The molecule has 0 atom stereocenters. The molecule has 84 valence electrons. The fourth-order valence-electron chi connectivity index (χ4n) is 0.983. The maximum atomic E-state index is 12.8. The second kappa shape index (κ2) is 4.59. The van der Waals surface area contributed by atoms with Gasteiger partial charge in [-0.15, -0.1) is 0 Å². The number of halogens is 1. The fraction of sp³-hybridized carbons (Fsp3) is 0.333. The zero-order chi connectivity index (χ0) is 11.5. The van der Waals surface area contributed by atoms with E-state index < -0.39 is 10.0 Å². The van der Waals surface area contributed by atoms with Crippen LogP contribution in [-0.2, 0) is 10.0 Å². The summed E-state index contributed by atoms with van der Waals surface area (Å²) in [4.78, 5) is 0.